The highest BCUT2D eigenvalue weighted by Crippen LogP contribution is 2.44. The number of anilines is 1. The van der Waals surface area contributed by atoms with Crippen LogP contribution in [0.15, 0.2) is 12.3 Å². The van der Waals surface area contributed by atoms with Crippen molar-refractivity contribution in [2.45, 2.75) is 37.8 Å². The topological polar surface area (TPSA) is 74.8 Å². The van der Waals surface area contributed by atoms with Crippen molar-refractivity contribution in [2.24, 2.45) is 0 Å². The van der Waals surface area contributed by atoms with Crippen LogP contribution in [-0.4, -0.2) is 64.9 Å². The Morgan fingerprint density at radius 3 is 3.00 bits per heavy atom. The molecule has 1 spiro atoms. The molecule has 3 aliphatic rings. The van der Waals surface area contributed by atoms with Crippen LogP contribution >= 0.6 is 0 Å². The number of aromatic nitrogens is 1. The Labute approximate surface area is 142 Å². The normalized spacial score (nSPS) is 23.2. The third-order valence-electron chi connectivity index (χ3n) is 5.34. The molecule has 130 valence electrons. The summed E-state index contributed by atoms with van der Waals surface area (Å²) >= 11 is 0. The van der Waals surface area contributed by atoms with Crippen LogP contribution < -0.4 is 10.1 Å². The second-order valence-corrected chi connectivity index (χ2v) is 7.09. The molecule has 0 unspecified atom stereocenters. The van der Waals surface area contributed by atoms with Gasteiger partial charge in [-0.05, 0) is 25.3 Å². The fraction of sp³-hybridized carbons (Fsp3) is 0.588. The number of hydrogen-bond donors (Lipinski definition) is 1. The van der Waals surface area contributed by atoms with E-state index >= 15 is 0 Å². The number of likely N-dealkylation sites (N-methyl/N-ethyl adjacent to an activating group) is 1. The number of hydrogen-bond acceptors (Lipinski definition) is 5. The minimum atomic E-state index is -0.0555. The minimum absolute atomic E-state index is 0. The van der Waals surface area contributed by atoms with E-state index in [1.165, 1.54) is 0 Å². The zero-order valence-electron chi connectivity index (χ0n) is 14.0. The molecule has 0 radical (unpaired) electrons. The predicted octanol–water partition coefficient (Wildman–Crippen LogP) is 1.36. The summed E-state index contributed by atoms with van der Waals surface area (Å²) in [6, 6.07) is 1.86. The summed E-state index contributed by atoms with van der Waals surface area (Å²) < 4.78 is 5.80. The Balaban J connectivity index is 0.00000182. The second kappa shape index (κ2) is 5.36. The van der Waals surface area contributed by atoms with Gasteiger partial charge in [-0.25, -0.2) is 4.98 Å². The number of carbonyl (C=O) groups is 2. The lowest BCUT2D eigenvalue weighted by Gasteiger charge is -2.27. The van der Waals surface area contributed by atoms with E-state index in [2.05, 4.69) is 10.3 Å². The first-order valence-electron chi connectivity index (χ1n) is 8.41. The van der Waals surface area contributed by atoms with Gasteiger partial charge in [0.2, 0.25) is 5.91 Å². The Bertz CT molecular complexity index is 707. The van der Waals surface area contributed by atoms with E-state index in [1.807, 2.05) is 0 Å². The van der Waals surface area contributed by atoms with Crippen molar-refractivity contribution in [2.75, 3.05) is 32.1 Å². The Hall–Kier alpha value is -2.31. The molecule has 0 aromatic carbocycles. The molecule has 1 N–H and O–H groups in total. The lowest BCUT2D eigenvalue weighted by atomic mass is 10.2. The standard InChI is InChI=1S/C17H22N4O3.H2/c1-11(22)20(2)13-3-6-21(9-13)16(23)12-7-14-15(18-8-12)19-17(4-5-17)10-24-14;/h7-8,13H,3-6,9-10H2,1-2H3,(H,18,19);1H/t13-;/m0./s1. The molecule has 4 rings (SSSR count). The van der Waals surface area contributed by atoms with E-state index in [0.29, 0.717) is 31.0 Å². The van der Waals surface area contributed by atoms with E-state index in [0.717, 1.165) is 25.1 Å². The lowest BCUT2D eigenvalue weighted by Crippen LogP contribution is -2.39. The number of amides is 2. The minimum Gasteiger partial charge on any atom is -0.487 e. The number of pyridine rings is 1. The van der Waals surface area contributed by atoms with Crippen molar-refractivity contribution in [3.05, 3.63) is 17.8 Å². The Kier molecular flexibility index (Phi) is 3.40. The number of nitrogens with zero attached hydrogens (tertiary/aromatic N) is 3. The predicted molar refractivity (Wildman–Crippen MR) is 90.2 cm³/mol. The molecule has 24 heavy (non-hydrogen) atoms. The molecular weight excluding hydrogens is 308 g/mol. The van der Waals surface area contributed by atoms with E-state index in [4.69, 9.17) is 4.74 Å². The zero-order chi connectivity index (χ0) is 16.9. The van der Waals surface area contributed by atoms with Gasteiger partial charge in [-0.3, -0.25) is 9.59 Å². The van der Waals surface area contributed by atoms with Crippen LogP contribution in [-0.2, 0) is 4.79 Å². The van der Waals surface area contributed by atoms with E-state index in [-0.39, 0.29) is 24.8 Å². The van der Waals surface area contributed by atoms with Gasteiger partial charge in [-0.2, -0.15) is 0 Å². The van der Waals surface area contributed by atoms with Gasteiger partial charge >= 0.3 is 0 Å². The average molecular weight is 332 g/mol. The molecule has 7 nitrogen and oxygen atoms in total. The first-order valence-corrected chi connectivity index (χ1v) is 8.41. The van der Waals surface area contributed by atoms with E-state index in [9.17, 15) is 9.59 Å². The van der Waals surface area contributed by atoms with Crippen LogP contribution in [0.4, 0.5) is 5.82 Å². The van der Waals surface area contributed by atoms with Crippen molar-refractivity contribution in [3.63, 3.8) is 0 Å². The molecule has 2 aliphatic heterocycles. The van der Waals surface area contributed by atoms with Gasteiger partial charge in [0.15, 0.2) is 11.6 Å². The van der Waals surface area contributed by atoms with Gasteiger partial charge in [-0.15, -0.1) is 0 Å². The Morgan fingerprint density at radius 2 is 2.29 bits per heavy atom. The highest BCUT2D eigenvalue weighted by atomic mass is 16.5. The lowest BCUT2D eigenvalue weighted by molar-refractivity contribution is -0.129. The molecule has 3 heterocycles. The first-order chi connectivity index (χ1) is 11.5. The highest BCUT2D eigenvalue weighted by molar-refractivity contribution is 5.95. The maximum atomic E-state index is 12.7. The van der Waals surface area contributed by atoms with Crippen LogP contribution in [0, 0.1) is 0 Å². The summed E-state index contributed by atoms with van der Waals surface area (Å²) in [5, 5.41) is 3.41. The van der Waals surface area contributed by atoms with Gasteiger partial charge in [0, 0.05) is 34.7 Å². The van der Waals surface area contributed by atoms with E-state index in [1.54, 1.807) is 36.0 Å². The molecule has 1 saturated heterocycles. The van der Waals surface area contributed by atoms with Crippen molar-refractivity contribution < 1.29 is 15.8 Å². The van der Waals surface area contributed by atoms with Crippen LogP contribution in [0.25, 0.3) is 0 Å². The van der Waals surface area contributed by atoms with Crippen LogP contribution in [0.5, 0.6) is 5.75 Å². The van der Waals surface area contributed by atoms with Crippen molar-refractivity contribution in [3.8, 4) is 5.75 Å². The molecule has 2 amide bonds. The van der Waals surface area contributed by atoms with Crippen LogP contribution in [0.1, 0.15) is 38.0 Å². The summed E-state index contributed by atoms with van der Waals surface area (Å²) in [7, 11) is 1.79. The van der Waals surface area contributed by atoms with Gasteiger partial charge in [-0.1, -0.05) is 0 Å². The van der Waals surface area contributed by atoms with Gasteiger partial charge in [0.1, 0.15) is 6.61 Å². The number of fused-ring (bicyclic) bond motifs is 1. The largest absolute Gasteiger partial charge is 0.487 e. The number of rotatable bonds is 2. The summed E-state index contributed by atoms with van der Waals surface area (Å²) in [5.74, 6) is 1.35. The second-order valence-electron chi connectivity index (χ2n) is 7.09. The molecule has 1 atom stereocenters. The average Bonchev–Trinajstić information content (AvgIpc) is 3.14. The summed E-state index contributed by atoms with van der Waals surface area (Å²) in [4.78, 5) is 32.1. The number of likely N-dealkylation sites (tertiary alicyclic amines) is 1. The zero-order valence-corrected chi connectivity index (χ0v) is 14.0. The molecule has 1 aliphatic carbocycles. The smallest absolute Gasteiger partial charge is 0.255 e. The monoisotopic (exact) mass is 332 g/mol. The number of nitrogens with one attached hydrogen (secondary N) is 1. The Morgan fingerprint density at radius 1 is 1.50 bits per heavy atom. The van der Waals surface area contributed by atoms with Gasteiger partial charge in [0.05, 0.1) is 17.1 Å². The molecule has 1 aromatic heterocycles. The molecule has 1 saturated carbocycles. The SMILES string of the molecule is CC(=O)N(C)[C@H]1CCN(C(=O)c2cnc3c(c2)OCC2(CC2)N3)C1.[HH]. The van der Waals surface area contributed by atoms with Gasteiger partial charge < -0.3 is 19.9 Å². The van der Waals surface area contributed by atoms with Crippen molar-refractivity contribution in [1.82, 2.24) is 14.8 Å². The summed E-state index contributed by atoms with van der Waals surface area (Å²) in [6.07, 6.45) is 4.63. The quantitative estimate of drug-likeness (QED) is 0.885. The maximum Gasteiger partial charge on any atom is 0.255 e. The fourth-order valence-corrected chi connectivity index (χ4v) is 3.37. The van der Waals surface area contributed by atoms with Crippen LogP contribution in [0.2, 0.25) is 0 Å². The third kappa shape index (κ3) is 2.57. The highest BCUT2D eigenvalue weighted by Gasteiger charge is 2.47. The molecule has 7 heteroatoms. The van der Waals surface area contributed by atoms with Crippen LogP contribution in [0.3, 0.4) is 0 Å². The molecule has 1 aromatic rings. The maximum absolute atomic E-state index is 12.7. The first kappa shape index (κ1) is 15.2. The van der Waals surface area contributed by atoms with E-state index < -0.39 is 0 Å². The fourth-order valence-electron chi connectivity index (χ4n) is 3.37. The van der Waals surface area contributed by atoms with Gasteiger partial charge in [0.25, 0.3) is 5.91 Å². The van der Waals surface area contributed by atoms with Crippen molar-refractivity contribution in [1.29, 1.82) is 0 Å². The molecule has 2 fully saturated rings. The number of ether oxygens (including phenoxy) is 1. The summed E-state index contributed by atoms with van der Waals surface area (Å²) in [6.45, 7) is 3.40. The molecule has 0 bridgehead atoms. The molecular formula is C17H24N4O3. The van der Waals surface area contributed by atoms with Crippen molar-refractivity contribution >= 4 is 17.6 Å². The third-order valence-corrected chi connectivity index (χ3v) is 5.34. The number of carbonyl (C=O) groups excluding carboxylic acids is 2. The summed E-state index contributed by atoms with van der Waals surface area (Å²) in [5.41, 5.74) is 0.610.